The van der Waals surface area contributed by atoms with E-state index in [2.05, 4.69) is 0 Å². The largest absolute Gasteiger partial charge is 0.875 e. The molecule has 1 aromatic rings. The first-order valence-electron chi connectivity index (χ1n) is 9.92. The smallest absolute Gasteiger partial charge is 0.332 e. The summed E-state index contributed by atoms with van der Waals surface area (Å²) in [5, 5.41) is 12.3. The predicted molar refractivity (Wildman–Crippen MR) is 104 cm³/mol. The molecule has 8 heteroatoms. The van der Waals surface area contributed by atoms with Crippen LogP contribution in [0.1, 0.15) is 51.4 Å². The summed E-state index contributed by atoms with van der Waals surface area (Å²) < 4.78 is 31.0. The molecule has 1 atom stereocenters. The molecule has 7 nitrogen and oxygen atoms in total. The monoisotopic (exact) mass is 418 g/mol. The van der Waals surface area contributed by atoms with Crippen molar-refractivity contribution >= 4 is 27.4 Å². The number of carbonyl (C=O) groups excluding carboxylic acids is 2. The molecule has 3 aliphatic rings. The highest BCUT2D eigenvalue weighted by Crippen LogP contribution is 2.56. The summed E-state index contributed by atoms with van der Waals surface area (Å²) in [7, 11) is -2.88. The van der Waals surface area contributed by atoms with Crippen LogP contribution in [0, 0.1) is 0 Å². The molecule has 156 valence electrons. The van der Waals surface area contributed by atoms with Crippen LogP contribution in [0.2, 0.25) is 0 Å². The van der Waals surface area contributed by atoms with E-state index in [9.17, 15) is 23.1 Å². The number of benzene rings is 1. The topological polar surface area (TPSA) is 104 Å². The number of anilines is 1. The number of amides is 1. The van der Waals surface area contributed by atoms with Crippen molar-refractivity contribution in [3.05, 3.63) is 41.7 Å². The highest BCUT2D eigenvalue weighted by molar-refractivity contribution is 7.95. The number of carbonyl (C=O) groups is 2. The van der Waals surface area contributed by atoms with E-state index in [1.807, 2.05) is 6.07 Å². The van der Waals surface area contributed by atoms with Crippen LogP contribution in [0.15, 0.2) is 41.7 Å². The van der Waals surface area contributed by atoms with Gasteiger partial charge in [-0.2, -0.15) is 0 Å². The summed E-state index contributed by atoms with van der Waals surface area (Å²) in [6.07, 6.45) is 2.38. The zero-order chi connectivity index (χ0) is 20.9. The average Bonchev–Trinajstić information content (AvgIpc) is 2.86. The van der Waals surface area contributed by atoms with Crippen molar-refractivity contribution in [3.8, 4) is 0 Å². The second-order valence-corrected chi connectivity index (χ2v) is 10.6. The number of hydrogen-bond donors (Lipinski definition) is 0. The number of hydrogen-bond acceptors (Lipinski definition) is 6. The van der Waals surface area contributed by atoms with E-state index < -0.39 is 43.5 Å². The average molecular weight is 418 g/mol. The number of allylic oxidation sites excluding steroid dienone is 1. The second-order valence-electron chi connectivity index (χ2n) is 8.05. The predicted octanol–water partition coefficient (Wildman–Crippen LogP) is 1.82. The summed E-state index contributed by atoms with van der Waals surface area (Å²) in [5.41, 5.74) is 0.313. The first kappa shape index (κ1) is 19.9. The molecule has 0 aromatic heterocycles. The van der Waals surface area contributed by atoms with Gasteiger partial charge < -0.3 is 9.84 Å². The number of ether oxygens (including phenoxy) is 1. The lowest BCUT2D eigenvalue weighted by Gasteiger charge is -2.40. The van der Waals surface area contributed by atoms with Crippen molar-refractivity contribution in [2.75, 3.05) is 12.0 Å². The molecule has 1 heterocycles. The van der Waals surface area contributed by atoms with Gasteiger partial charge in [0.2, 0.25) is 5.91 Å². The van der Waals surface area contributed by atoms with Crippen LogP contribution in [0.5, 0.6) is 0 Å². The van der Waals surface area contributed by atoms with Crippen molar-refractivity contribution in [1.82, 2.24) is 0 Å². The zero-order valence-corrected chi connectivity index (χ0v) is 17.2. The van der Waals surface area contributed by atoms with Gasteiger partial charge in [0.05, 0.1) is 7.11 Å². The summed E-state index contributed by atoms with van der Waals surface area (Å²) >= 11 is 0. The zero-order valence-electron chi connectivity index (χ0n) is 16.3. The molecule has 0 radical (unpaired) electrons. The van der Waals surface area contributed by atoms with Gasteiger partial charge in [-0.05, 0) is 37.8 Å². The lowest BCUT2D eigenvalue weighted by atomic mass is 9.84. The molecule has 1 saturated carbocycles. The van der Waals surface area contributed by atoms with Gasteiger partial charge in [-0.1, -0.05) is 37.5 Å². The van der Waals surface area contributed by atoms with Crippen molar-refractivity contribution in [1.29, 1.82) is 0 Å². The maximum atomic E-state index is 14.1. The standard InChI is InChI=1S/C21H25NO6S/c1-28-18(24)16-14-20(13-10-17(16)23)19(25)22(15-8-4-2-5-9-15)21(29(20,26)27)11-6-3-7-12-21/h2,4-5,8-9,23H,3,6-7,10-14H2,1H3/p-1. The van der Waals surface area contributed by atoms with E-state index in [1.54, 1.807) is 24.3 Å². The Labute approximate surface area is 170 Å². The molecule has 2 spiro atoms. The SMILES string of the molecule is COC(=O)C1=C([O-])CCC2(C1)C(=O)N(c1ccccc1)C1(CCCCC1)S2(=O)=O. The molecule has 0 N–H and O–H groups in total. The van der Waals surface area contributed by atoms with Gasteiger partial charge in [0.1, 0.15) is 0 Å². The van der Waals surface area contributed by atoms with Crippen molar-refractivity contribution in [3.63, 3.8) is 0 Å². The third kappa shape index (κ3) is 2.57. The molecule has 1 amide bonds. The highest BCUT2D eigenvalue weighted by atomic mass is 32.2. The Bertz CT molecular complexity index is 978. The quantitative estimate of drug-likeness (QED) is 0.679. The van der Waals surface area contributed by atoms with Crippen LogP contribution in [-0.2, 0) is 24.2 Å². The van der Waals surface area contributed by atoms with Gasteiger partial charge in [-0.3, -0.25) is 9.69 Å². The van der Waals surface area contributed by atoms with Crippen molar-refractivity contribution < 1.29 is 27.9 Å². The van der Waals surface area contributed by atoms with E-state index in [1.165, 1.54) is 4.90 Å². The fourth-order valence-corrected chi connectivity index (χ4v) is 8.18. The third-order valence-electron chi connectivity index (χ3n) is 6.65. The molecular formula is C21H24NO6S-. The van der Waals surface area contributed by atoms with Gasteiger partial charge in [-0.15, -0.1) is 5.76 Å². The van der Waals surface area contributed by atoms with E-state index in [-0.39, 0.29) is 18.4 Å². The molecule has 4 rings (SSSR count). The molecule has 0 bridgehead atoms. The van der Waals surface area contributed by atoms with Gasteiger partial charge in [0.25, 0.3) is 0 Å². The summed E-state index contributed by atoms with van der Waals surface area (Å²) in [5.74, 6) is -1.83. The van der Waals surface area contributed by atoms with Crippen LogP contribution in [-0.4, -0.2) is 37.0 Å². The molecule has 1 aliphatic heterocycles. The molecule has 29 heavy (non-hydrogen) atoms. The van der Waals surface area contributed by atoms with E-state index in [4.69, 9.17) is 4.74 Å². The van der Waals surface area contributed by atoms with Crippen molar-refractivity contribution in [2.24, 2.45) is 0 Å². The Hall–Kier alpha value is -2.35. The van der Waals surface area contributed by atoms with Gasteiger partial charge in [-0.25, -0.2) is 13.2 Å². The molecular weight excluding hydrogens is 394 g/mol. The van der Waals surface area contributed by atoms with Crippen LogP contribution < -0.4 is 10.0 Å². The summed E-state index contributed by atoms with van der Waals surface area (Å²) in [4.78, 5) is 26.1. The molecule has 1 saturated heterocycles. The third-order valence-corrected chi connectivity index (χ3v) is 9.79. The maximum Gasteiger partial charge on any atom is 0.332 e. The molecule has 1 unspecified atom stereocenters. The van der Waals surface area contributed by atoms with Crippen LogP contribution >= 0.6 is 0 Å². The number of rotatable bonds is 2. The van der Waals surface area contributed by atoms with E-state index in [0.717, 1.165) is 13.5 Å². The number of methoxy groups -OCH3 is 1. The number of para-hydroxylation sites is 1. The van der Waals surface area contributed by atoms with Crippen LogP contribution in [0.3, 0.4) is 0 Å². The lowest BCUT2D eigenvalue weighted by molar-refractivity contribution is -0.310. The number of sulfone groups is 1. The van der Waals surface area contributed by atoms with E-state index in [0.29, 0.717) is 31.4 Å². The van der Waals surface area contributed by atoms with Gasteiger partial charge in [0.15, 0.2) is 19.5 Å². The lowest BCUT2D eigenvalue weighted by Crippen LogP contribution is -2.51. The minimum atomic E-state index is -4.02. The summed E-state index contributed by atoms with van der Waals surface area (Å²) in [6.45, 7) is 0. The van der Waals surface area contributed by atoms with Crippen molar-refractivity contribution in [2.45, 2.75) is 61.0 Å². The number of nitrogens with zero attached hydrogens (tertiary/aromatic N) is 1. The highest BCUT2D eigenvalue weighted by Gasteiger charge is 2.71. The first-order chi connectivity index (χ1) is 13.8. The normalized spacial score (nSPS) is 28.2. The fourth-order valence-electron chi connectivity index (χ4n) is 5.17. The Morgan fingerprint density at radius 2 is 1.76 bits per heavy atom. The fraction of sp³-hybridized carbons (Fsp3) is 0.524. The van der Waals surface area contributed by atoms with Crippen LogP contribution in [0.25, 0.3) is 0 Å². The first-order valence-corrected chi connectivity index (χ1v) is 11.4. The summed E-state index contributed by atoms with van der Waals surface area (Å²) in [6, 6.07) is 8.83. The Balaban J connectivity index is 1.91. The molecule has 2 aliphatic carbocycles. The van der Waals surface area contributed by atoms with Gasteiger partial charge in [0, 0.05) is 17.7 Å². The van der Waals surface area contributed by atoms with Gasteiger partial charge >= 0.3 is 5.97 Å². The second kappa shape index (κ2) is 6.86. The maximum absolute atomic E-state index is 14.1. The minimum absolute atomic E-state index is 0.0986. The Morgan fingerprint density at radius 1 is 1.10 bits per heavy atom. The Morgan fingerprint density at radius 3 is 2.38 bits per heavy atom. The molecule has 2 fully saturated rings. The van der Waals surface area contributed by atoms with E-state index >= 15 is 0 Å². The van der Waals surface area contributed by atoms with Crippen LogP contribution in [0.4, 0.5) is 5.69 Å². The molecule has 1 aromatic carbocycles. The minimum Gasteiger partial charge on any atom is -0.875 e. The number of esters is 1. The Kier molecular flexibility index (Phi) is 4.72.